The average molecular weight is 461 g/mol. The van der Waals surface area contributed by atoms with Crippen LogP contribution in [0.4, 0.5) is 0 Å². The Morgan fingerprint density at radius 3 is 2.52 bits per heavy atom. The summed E-state index contributed by atoms with van der Waals surface area (Å²) in [6, 6.07) is 5.21. The summed E-state index contributed by atoms with van der Waals surface area (Å²) in [6.45, 7) is 4.20. The largest absolute Gasteiger partial charge is 0.291 e. The summed E-state index contributed by atoms with van der Waals surface area (Å²) in [5, 5.41) is 5.40. The van der Waals surface area contributed by atoms with Gasteiger partial charge in [-0.15, -0.1) is 5.10 Å². The van der Waals surface area contributed by atoms with E-state index in [1.54, 1.807) is 30.4 Å². The molecule has 27 heavy (non-hydrogen) atoms. The maximum Gasteiger partial charge on any atom is 0.291 e. The maximum atomic E-state index is 12.7. The van der Waals surface area contributed by atoms with Crippen LogP contribution in [0.1, 0.15) is 31.2 Å². The van der Waals surface area contributed by atoms with Crippen molar-refractivity contribution in [2.45, 2.75) is 19.8 Å². The van der Waals surface area contributed by atoms with Crippen LogP contribution in [0.3, 0.4) is 0 Å². The smallest absolute Gasteiger partial charge is 0.266 e. The molecule has 3 aromatic rings. The van der Waals surface area contributed by atoms with Crippen LogP contribution >= 0.6 is 57.7 Å². The van der Waals surface area contributed by atoms with E-state index in [0.717, 1.165) is 0 Å². The standard InChI is InChI=1S/C18H13Cl4N3OS/c1-18(2)9(7-13(21)22)14(18)15-23-17-25(24-15)16(26)12(27-17)6-8-10(19)4-3-5-11(8)20/h3-7,9,14H,1-2H3/b12-6-/t9-,14+/m0/s1. The zero-order valence-electron chi connectivity index (χ0n) is 14.2. The SMILES string of the molecule is CC1(C)[C@@H](C=C(Cl)Cl)[C@@H]1c1nc2s/c(=C\c3c(Cl)cccc3Cl)c(=O)n2n1. The number of hydrogen-bond donors (Lipinski definition) is 0. The van der Waals surface area contributed by atoms with Gasteiger partial charge < -0.3 is 0 Å². The highest BCUT2D eigenvalue weighted by Crippen LogP contribution is 2.64. The van der Waals surface area contributed by atoms with Crippen molar-refractivity contribution >= 4 is 68.8 Å². The van der Waals surface area contributed by atoms with Crippen LogP contribution in [0.2, 0.25) is 10.0 Å². The molecule has 2 heterocycles. The number of halogens is 4. The van der Waals surface area contributed by atoms with E-state index in [0.29, 0.717) is 30.9 Å². The number of fused-ring (bicyclic) bond motifs is 1. The third-order valence-corrected chi connectivity index (χ3v) is 6.84. The van der Waals surface area contributed by atoms with E-state index in [-0.39, 0.29) is 27.3 Å². The molecule has 4 nitrogen and oxygen atoms in total. The zero-order chi connectivity index (χ0) is 19.5. The van der Waals surface area contributed by atoms with Crippen molar-refractivity contribution in [1.29, 1.82) is 0 Å². The van der Waals surface area contributed by atoms with Crippen LogP contribution in [0.5, 0.6) is 0 Å². The van der Waals surface area contributed by atoms with E-state index >= 15 is 0 Å². The predicted octanol–water partition coefficient (Wildman–Crippen LogP) is 5.06. The Balaban J connectivity index is 1.77. The molecule has 0 aliphatic heterocycles. The Morgan fingerprint density at radius 1 is 1.26 bits per heavy atom. The molecule has 2 aromatic heterocycles. The summed E-state index contributed by atoms with van der Waals surface area (Å²) in [5.74, 6) is 0.839. The molecule has 0 saturated heterocycles. The first-order chi connectivity index (χ1) is 12.7. The Bertz CT molecular complexity index is 1170. The second-order valence-corrected chi connectivity index (χ2v) is 9.83. The van der Waals surface area contributed by atoms with Gasteiger partial charge >= 0.3 is 0 Å². The van der Waals surface area contributed by atoms with Gasteiger partial charge in [-0.3, -0.25) is 4.79 Å². The summed E-state index contributed by atoms with van der Waals surface area (Å²) in [7, 11) is 0. The first-order valence-electron chi connectivity index (χ1n) is 8.08. The molecule has 0 radical (unpaired) electrons. The lowest BCUT2D eigenvalue weighted by Crippen LogP contribution is -2.24. The average Bonchev–Trinajstić information content (AvgIpc) is 2.86. The highest BCUT2D eigenvalue weighted by molar-refractivity contribution is 7.15. The first-order valence-corrected chi connectivity index (χ1v) is 10.4. The molecule has 0 spiro atoms. The molecule has 0 bridgehead atoms. The van der Waals surface area contributed by atoms with Crippen LogP contribution in [-0.4, -0.2) is 14.6 Å². The van der Waals surface area contributed by atoms with Gasteiger partial charge in [0.25, 0.3) is 5.56 Å². The normalized spacial score (nSPS) is 21.6. The summed E-state index contributed by atoms with van der Waals surface area (Å²) in [6.07, 6.45) is 3.48. The molecule has 1 aliphatic carbocycles. The lowest BCUT2D eigenvalue weighted by molar-refractivity contribution is 0.585. The fourth-order valence-electron chi connectivity index (χ4n) is 3.38. The minimum atomic E-state index is -0.245. The van der Waals surface area contributed by atoms with Gasteiger partial charge in [-0.2, -0.15) is 4.52 Å². The van der Waals surface area contributed by atoms with Gasteiger partial charge in [-0.25, -0.2) is 4.98 Å². The molecule has 9 heteroatoms. The van der Waals surface area contributed by atoms with E-state index in [9.17, 15) is 4.79 Å². The molecular weight excluding hydrogens is 448 g/mol. The lowest BCUT2D eigenvalue weighted by atomic mass is 10.1. The van der Waals surface area contributed by atoms with Gasteiger partial charge in [0.2, 0.25) is 4.96 Å². The van der Waals surface area contributed by atoms with Crippen molar-refractivity contribution in [3.63, 3.8) is 0 Å². The first kappa shape index (κ1) is 19.2. The molecule has 140 valence electrons. The molecular formula is C18H13Cl4N3OS. The monoisotopic (exact) mass is 459 g/mol. The van der Waals surface area contributed by atoms with Crippen molar-refractivity contribution < 1.29 is 0 Å². The number of benzene rings is 1. The fraction of sp³-hybridized carbons (Fsp3) is 0.278. The Labute approximate surface area is 179 Å². The maximum absolute atomic E-state index is 12.7. The molecule has 4 rings (SSSR count). The molecule has 2 atom stereocenters. The summed E-state index contributed by atoms with van der Waals surface area (Å²) in [4.78, 5) is 17.8. The van der Waals surface area contributed by atoms with E-state index < -0.39 is 0 Å². The molecule has 1 aliphatic rings. The van der Waals surface area contributed by atoms with Crippen molar-refractivity contribution in [3.05, 3.63) is 65.1 Å². The Morgan fingerprint density at radius 2 is 1.93 bits per heavy atom. The number of thiazole rings is 1. The number of nitrogens with zero attached hydrogens (tertiary/aromatic N) is 3. The Hall–Kier alpha value is -1.11. The minimum absolute atomic E-state index is 0.0604. The third kappa shape index (κ3) is 3.30. The van der Waals surface area contributed by atoms with Gasteiger partial charge in [0.05, 0.1) is 4.53 Å². The van der Waals surface area contributed by atoms with Gasteiger partial charge in [-0.05, 0) is 35.6 Å². The van der Waals surface area contributed by atoms with Gasteiger partial charge in [0.15, 0.2) is 5.82 Å². The van der Waals surface area contributed by atoms with Crippen molar-refractivity contribution in [1.82, 2.24) is 14.6 Å². The van der Waals surface area contributed by atoms with Crippen LogP contribution in [0, 0.1) is 11.3 Å². The number of allylic oxidation sites excluding steroid dienone is 1. The molecule has 1 saturated carbocycles. The van der Waals surface area contributed by atoms with E-state index in [2.05, 4.69) is 23.9 Å². The van der Waals surface area contributed by atoms with Crippen molar-refractivity contribution in [2.24, 2.45) is 11.3 Å². The molecule has 0 amide bonds. The van der Waals surface area contributed by atoms with Gasteiger partial charge in [-0.1, -0.05) is 77.7 Å². The topological polar surface area (TPSA) is 47.3 Å². The van der Waals surface area contributed by atoms with Crippen LogP contribution < -0.4 is 10.1 Å². The van der Waals surface area contributed by atoms with Crippen molar-refractivity contribution in [3.8, 4) is 0 Å². The quantitative estimate of drug-likeness (QED) is 0.548. The van der Waals surface area contributed by atoms with Gasteiger partial charge in [0.1, 0.15) is 4.49 Å². The molecule has 0 N–H and O–H groups in total. The fourth-order valence-corrected chi connectivity index (χ4v) is 5.05. The molecule has 0 unspecified atom stereocenters. The second kappa shape index (κ2) is 6.75. The van der Waals surface area contributed by atoms with Crippen LogP contribution in [0.25, 0.3) is 11.0 Å². The molecule has 1 fully saturated rings. The number of rotatable bonds is 3. The van der Waals surface area contributed by atoms with Gasteiger partial charge in [0, 0.05) is 21.5 Å². The second-order valence-electron chi connectivity index (χ2n) is 7.00. The van der Waals surface area contributed by atoms with Crippen LogP contribution in [0.15, 0.2) is 33.6 Å². The zero-order valence-corrected chi connectivity index (χ0v) is 18.1. The van der Waals surface area contributed by atoms with E-state index in [1.165, 1.54) is 15.9 Å². The van der Waals surface area contributed by atoms with Crippen molar-refractivity contribution in [2.75, 3.05) is 0 Å². The van der Waals surface area contributed by atoms with Crippen LogP contribution in [-0.2, 0) is 0 Å². The minimum Gasteiger partial charge on any atom is -0.266 e. The van der Waals surface area contributed by atoms with E-state index in [4.69, 9.17) is 46.4 Å². The van der Waals surface area contributed by atoms with E-state index in [1.807, 2.05) is 0 Å². The summed E-state index contributed by atoms with van der Waals surface area (Å²) < 4.78 is 2.03. The summed E-state index contributed by atoms with van der Waals surface area (Å²) >= 11 is 25.2. The lowest BCUT2D eigenvalue weighted by Gasteiger charge is -1.99. The third-order valence-electron chi connectivity index (χ3n) is 4.97. The highest BCUT2D eigenvalue weighted by atomic mass is 35.5. The summed E-state index contributed by atoms with van der Waals surface area (Å²) in [5.41, 5.74) is 0.299. The predicted molar refractivity (Wildman–Crippen MR) is 112 cm³/mol. The highest BCUT2D eigenvalue weighted by Gasteiger charge is 2.59. The number of hydrogen-bond acceptors (Lipinski definition) is 4. The molecule has 1 aromatic carbocycles. The Kier molecular flexibility index (Phi) is 4.80. The number of aromatic nitrogens is 3.